The summed E-state index contributed by atoms with van der Waals surface area (Å²) in [6, 6.07) is 25.9. The molecule has 112 valence electrons. The molecule has 3 aromatic carbocycles. The van der Waals surface area contributed by atoms with Crippen LogP contribution in [0.5, 0.6) is 0 Å². The van der Waals surface area contributed by atoms with E-state index in [-0.39, 0.29) is 22.0 Å². The van der Waals surface area contributed by atoms with Crippen LogP contribution in [0.4, 0.5) is 0 Å². The van der Waals surface area contributed by atoms with Crippen LogP contribution in [-0.2, 0) is 27.2 Å². The van der Waals surface area contributed by atoms with Crippen molar-refractivity contribution in [3.05, 3.63) is 84.9 Å². The average Bonchev–Trinajstić information content (AvgIpc) is 3.15. The maximum atomic E-state index is 10.4. The fourth-order valence-corrected chi connectivity index (χ4v) is 2.27. The molecular formula is C16H15FeNaO3S. The van der Waals surface area contributed by atoms with Crippen molar-refractivity contribution in [2.45, 2.75) is 4.90 Å². The van der Waals surface area contributed by atoms with Crippen LogP contribution in [0.1, 0.15) is 0 Å². The molecule has 0 aliphatic heterocycles. The first-order valence-corrected chi connectivity index (χ1v) is 8.81. The van der Waals surface area contributed by atoms with Gasteiger partial charge in [-0.05, 0) is 12.1 Å². The van der Waals surface area contributed by atoms with E-state index in [9.17, 15) is 8.42 Å². The summed E-state index contributed by atoms with van der Waals surface area (Å²) in [5.41, 5.74) is 0. The normalized spacial score (nSPS) is 9.41. The van der Waals surface area contributed by atoms with E-state index in [2.05, 4.69) is 24.3 Å². The van der Waals surface area contributed by atoms with E-state index in [1.54, 1.807) is 18.2 Å². The van der Waals surface area contributed by atoms with Crippen LogP contribution >= 0.6 is 0 Å². The molecule has 6 heteroatoms. The Morgan fingerprint density at radius 1 is 0.909 bits per heavy atom. The smallest absolute Gasteiger partial charge is 0.172 e. The Bertz CT molecular complexity index is 661. The van der Waals surface area contributed by atoms with Crippen molar-refractivity contribution in [2.75, 3.05) is 0 Å². The van der Waals surface area contributed by atoms with Crippen molar-refractivity contribution in [1.82, 2.24) is 0 Å². The summed E-state index contributed by atoms with van der Waals surface area (Å²) in [7, 11) is -4.00. The average molecular weight is 366 g/mol. The van der Waals surface area contributed by atoms with Gasteiger partial charge < -0.3 is 0 Å². The molecule has 0 radical (unpaired) electrons. The topological polar surface area (TPSA) is 54.4 Å². The van der Waals surface area contributed by atoms with Gasteiger partial charge in [-0.25, -0.2) is 12.1 Å². The van der Waals surface area contributed by atoms with Crippen LogP contribution < -0.4 is 2.81 Å². The fourth-order valence-electron chi connectivity index (χ4n) is 1.38. The Kier molecular flexibility index (Phi) is 11.5. The third-order valence-electron chi connectivity index (χ3n) is 2.43. The standard InChI is InChI=1S/C6H6O3S.C5H5.C5H4.Fe.Na/c7-10(8,9)6-4-2-1-3-5-6;2*1-2-4-5-3-1;;/h1-5H,(H,7,8,9);1-5H;1-4H;;/q;2*-1;+2;. The first-order valence-electron chi connectivity index (χ1n) is 6.37. The maximum absolute atomic E-state index is 10.4. The van der Waals surface area contributed by atoms with Crippen molar-refractivity contribution >= 4 is 40.9 Å². The summed E-state index contributed by atoms with van der Waals surface area (Å²) in [6.45, 7) is 0. The Hall–Kier alpha value is -0.651. The summed E-state index contributed by atoms with van der Waals surface area (Å²) in [6.07, 6.45) is 0. The second-order valence-corrected chi connectivity index (χ2v) is 6.79. The first kappa shape index (κ1) is 21.3. The molecular weight excluding hydrogens is 351 g/mol. The molecule has 0 unspecified atom stereocenters. The van der Waals surface area contributed by atoms with Gasteiger partial charge in [0.05, 0.1) is 4.90 Å². The van der Waals surface area contributed by atoms with Crippen LogP contribution in [-0.4, -0.2) is 40.9 Å². The minimum atomic E-state index is -4.00. The largest absolute Gasteiger partial charge is 0.214 e. The second kappa shape index (κ2) is 11.9. The molecule has 0 aliphatic rings. The van der Waals surface area contributed by atoms with Crippen molar-refractivity contribution in [1.29, 1.82) is 0 Å². The van der Waals surface area contributed by atoms with Gasteiger partial charge in [0.15, 0.2) is 0 Å². The zero-order valence-corrected chi connectivity index (χ0v) is 16.0. The van der Waals surface area contributed by atoms with Gasteiger partial charge in [0.25, 0.3) is 10.1 Å². The SMILES string of the molecule is O=S(=O)(O)c1ccccc1.[Fe+2].[Na][c-]1cccc1.c1cc[cH-]c1. The zero-order chi connectivity index (χ0) is 15.6. The van der Waals surface area contributed by atoms with Crippen LogP contribution in [0, 0.1) is 0 Å². The molecule has 1 N–H and O–H groups in total. The number of hydrogen-bond donors (Lipinski definition) is 1. The first-order chi connectivity index (χ1) is 10.00. The summed E-state index contributed by atoms with van der Waals surface area (Å²) >= 11 is 1.20. The molecule has 3 nitrogen and oxygen atoms in total. The predicted molar refractivity (Wildman–Crippen MR) is 85.7 cm³/mol. The van der Waals surface area contributed by atoms with E-state index in [0.717, 1.165) is 0 Å². The molecule has 3 rings (SSSR count). The van der Waals surface area contributed by atoms with Crippen molar-refractivity contribution in [3.8, 4) is 0 Å². The molecule has 3 aromatic rings. The Balaban J connectivity index is 0.000000316. The van der Waals surface area contributed by atoms with Gasteiger partial charge in [-0.15, -0.1) is 0 Å². The van der Waals surface area contributed by atoms with Crippen LogP contribution in [0.2, 0.25) is 0 Å². The van der Waals surface area contributed by atoms with Gasteiger partial charge >= 0.3 is 72.1 Å². The molecule has 0 amide bonds. The van der Waals surface area contributed by atoms with Crippen LogP contribution in [0.15, 0.2) is 89.8 Å². The van der Waals surface area contributed by atoms with Gasteiger partial charge in [0.2, 0.25) is 0 Å². The molecule has 0 atom stereocenters. The van der Waals surface area contributed by atoms with Crippen LogP contribution in [0.25, 0.3) is 0 Å². The van der Waals surface area contributed by atoms with E-state index < -0.39 is 10.1 Å². The summed E-state index contributed by atoms with van der Waals surface area (Å²) < 4.78 is 30.7. The maximum Gasteiger partial charge on any atom is -0.172 e. The molecule has 0 heterocycles. The zero-order valence-electron chi connectivity index (χ0n) is 12.1. The van der Waals surface area contributed by atoms with Crippen molar-refractivity contribution in [2.24, 2.45) is 0 Å². The monoisotopic (exact) mass is 366 g/mol. The van der Waals surface area contributed by atoms with Crippen LogP contribution in [0.3, 0.4) is 0 Å². The van der Waals surface area contributed by atoms with Gasteiger partial charge in [-0.1, -0.05) is 18.2 Å². The number of hydrogen-bond acceptors (Lipinski definition) is 2. The van der Waals surface area contributed by atoms with Crippen molar-refractivity contribution < 1.29 is 30.0 Å². The molecule has 22 heavy (non-hydrogen) atoms. The summed E-state index contributed by atoms with van der Waals surface area (Å²) in [5.74, 6) is 0. The summed E-state index contributed by atoms with van der Waals surface area (Å²) in [4.78, 5) is -0.0741. The van der Waals surface area contributed by atoms with Gasteiger partial charge in [-0.2, -0.15) is 26.6 Å². The number of rotatable bonds is 1. The van der Waals surface area contributed by atoms with Gasteiger partial charge in [0.1, 0.15) is 0 Å². The molecule has 0 aromatic heterocycles. The second-order valence-electron chi connectivity index (χ2n) is 4.21. The van der Waals surface area contributed by atoms with E-state index in [0.29, 0.717) is 0 Å². The minimum absolute atomic E-state index is 0. The Labute approximate surface area is 159 Å². The quantitative estimate of drug-likeness (QED) is 0.409. The Morgan fingerprint density at radius 3 is 1.64 bits per heavy atom. The third kappa shape index (κ3) is 10.1. The molecule has 0 saturated carbocycles. The fraction of sp³-hybridized carbons (Fsp3) is 0. The van der Waals surface area contributed by atoms with E-state index in [1.807, 2.05) is 30.3 Å². The number of benzene rings is 1. The molecule has 0 spiro atoms. The molecule has 0 saturated heterocycles. The molecule has 0 aliphatic carbocycles. The van der Waals surface area contributed by atoms with E-state index in [4.69, 9.17) is 4.55 Å². The minimum Gasteiger partial charge on any atom is -0.214 e. The van der Waals surface area contributed by atoms with Crippen molar-refractivity contribution in [3.63, 3.8) is 0 Å². The van der Waals surface area contributed by atoms with E-state index in [1.165, 1.54) is 42.9 Å². The summed E-state index contributed by atoms with van der Waals surface area (Å²) in [5, 5.41) is 0. The van der Waals surface area contributed by atoms with Gasteiger partial charge in [0, 0.05) is 0 Å². The third-order valence-corrected chi connectivity index (χ3v) is 3.96. The molecule has 0 bridgehead atoms. The predicted octanol–water partition coefficient (Wildman–Crippen LogP) is 2.54. The molecule has 0 fully saturated rings. The van der Waals surface area contributed by atoms with E-state index >= 15 is 0 Å². The Morgan fingerprint density at radius 2 is 1.41 bits per heavy atom. The van der Waals surface area contributed by atoms with Gasteiger partial charge in [-0.3, -0.25) is 4.55 Å².